The molecule has 7 nitrogen and oxygen atoms in total. The lowest BCUT2D eigenvalue weighted by molar-refractivity contribution is -0.185. The third-order valence-electron chi connectivity index (χ3n) is 7.87. The molecule has 0 bridgehead atoms. The maximum atomic E-state index is 13.8. The maximum Gasteiger partial charge on any atom is 0.418 e. The highest BCUT2D eigenvalue weighted by Gasteiger charge is 2.40. The average molecular weight is 564 g/mol. The zero-order valence-electron chi connectivity index (χ0n) is 22.9. The number of likely N-dealkylation sites (tertiary alicyclic amines) is 1. The summed E-state index contributed by atoms with van der Waals surface area (Å²) in [4.78, 5) is 16.0. The van der Waals surface area contributed by atoms with Crippen LogP contribution in [0.15, 0.2) is 60.8 Å². The van der Waals surface area contributed by atoms with Crippen molar-refractivity contribution >= 4 is 16.7 Å². The fourth-order valence-electron chi connectivity index (χ4n) is 5.64. The highest BCUT2D eigenvalue weighted by Crippen LogP contribution is 2.37. The van der Waals surface area contributed by atoms with Crippen LogP contribution in [0.5, 0.6) is 0 Å². The van der Waals surface area contributed by atoms with E-state index in [1.807, 2.05) is 12.1 Å². The molecule has 2 aliphatic rings. The number of piperidine rings is 1. The first-order chi connectivity index (χ1) is 19.8. The molecule has 41 heavy (non-hydrogen) atoms. The van der Waals surface area contributed by atoms with Crippen molar-refractivity contribution in [2.45, 2.75) is 44.7 Å². The van der Waals surface area contributed by atoms with Gasteiger partial charge in [-0.1, -0.05) is 30.3 Å². The number of rotatable bonds is 7. The van der Waals surface area contributed by atoms with Crippen molar-refractivity contribution < 1.29 is 22.6 Å². The van der Waals surface area contributed by atoms with Crippen LogP contribution in [0.3, 0.4) is 0 Å². The minimum Gasteiger partial charge on any atom is -0.369 e. The molecular weight excluding hydrogens is 531 g/mol. The van der Waals surface area contributed by atoms with Gasteiger partial charge in [-0.2, -0.15) is 13.2 Å². The first kappa shape index (κ1) is 27.6. The minimum absolute atomic E-state index is 0.117. The van der Waals surface area contributed by atoms with Gasteiger partial charge in [-0.3, -0.25) is 9.88 Å². The number of aryl methyl sites for hydroxylation is 1. The second-order valence-corrected chi connectivity index (χ2v) is 10.6. The molecule has 214 valence electrons. The molecule has 1 N–H and O–H groups in total. The number of alkyl halides is 3. The number of fused-ring (bicyclic) bond motifs is 1. The lowest BCUT2D eigenvalue weighted by Gasteiger charge is -2.37. The normalized spacial score (nSPS) is 17.4. The van der Waals surface area contributed by atoms with Crippen LogP contribution in [0.1, 0.15) is 35.4 Å². The summed E-state index contributed by atoms with van der Waals surface area (Å²) in [5.74, 6) is 0.795. The number of hydrogen-bond acceptors (Lipinski definition) is 7. The van der Waals surface area contributed by atoms with E-state index in [1.165, 1.54) is 23.4 Å². The van der Waals surface area contributed by atoms with Gasteiger partial charge < -0.3 is 14.8 Å². The molecule has 2 aromatic heterocycles. The summed E-state index contributed by atoms with van der Waals surface area (Å²) >= 11 is 0. The third kappa shape index (κ3) is 6.05. The molecule has 2 fully saturated rings. The smallest absolute Gasteiger partial charge is 0.369 e. The Bertz CT molecular complexity index is 1530. The summed E-state index contributed by atoms with van der Waals surface area (Å²) in [5.41, 5.74) is 2.50. The predicted molar refractivity (Wildman–Crippen MR) is 150 cm³/mol. The van der Waals surface area contributed by atoms with Crippen LogP contribution in [0, 0.1) is 6.92 Å². The molecule has 4 heterocycles. The van der Waals surface area contributed by atoms with Crippen LogP contribution in [-0.2, 0) is 28.6 Å². The van der Waals surface area contributed by atoms with Crippen molar-refractivity contribution in [2.75, 3.05) is 38.2 Å². The standard InChI is InChI=1S/C31H32F3N5O2/c1-21-5-2-3-6-22(21)10-14-36-29-24-9-8-23(28-25(31(32,33)34)7-4-13-35-28)19-26(24)37-27(38-29)20-39-15-11-30(12-16-39)40-17-18-41-30/h2-9,13,19H,10-12,14-18,20H2,1H3,(H,36,37,38). The Morgan fingerprint density at radius 2 is 1.76 bits per heavy atom. The first-order valence-electron chi connectivity index (χ1n) is 13.9. The number of benzene rings is 2. The van der Waals surface area contributed by atoms with E-state index in [-0.39, 0.29) is 5.69 Å². The molecule has 1 spiro atoms. The fraction of sp³-hybridized carbons (Fsp3) is 0.387. The van der Waals surface area contributed by atoms with Gasteiger partial charge in [0, 0.05) is 49.6 Å². The summed E-state index contributed by atoms with van der Waals surface area (Å²) in [6, 6.07) is 15.7. The van der Waals surface area contributed by atoms with Crippen molar-refractivity contribution in [3.63, 3.8) is 0 Å². The van der Waals surface area contributed by atoms with E-state index in [4.69, 9.17) is 19.4 Å². The van der Waals surface area contributed by atoms with E-state index in [0.717, 1.165) is 43.8 Å². The van der Waals surface area contributed by atoms with Crippen molar-refractivity contribution in [3.05, 3.63) is 83.3 Å². The van der Waals surface area contributed by atoms with Crippen molar-refractivity contribution in [3.8, 4) is 11.3 Å². The number of nitrogens with zero attached hydrogens (tertiary/aromatic N) is 4. The second-order valence-electron chi connectivity index (χ2n) is 10.6. The van der Waals surface area contributed by atoms with E-state index in [0.29, 0.717) is 49.0 Å². The van der Waals surface area contributed by atoms with E-state index < -0.39 is 17.5 Å². The number of hydrogen-bond donors (Lipinski definition) is 1. The molecule has 4 aromatic rings. The number of ether oxygens (including phenoxy) is 2. The van der Waals surface area contributed by atoms with E-state index >= 15 is 0 Å². The highest BCUT2D eigenvalue weighted by atomic mass is 19.4. The molecule has 10 heteroatoms. The molecule has 2 aliphatic heterocycles. The van der Waals surface area contributed by atoms with Gasteiger partial charge in [0.1, 0.15) is 11.6 Å². The zero-order valence-corrected chi connectivity index (χ0v) is 22.9. The van der Waals surface area contributed by atoms with E-state index in [2.05, 4.69) is 34.3 Å². The quantitative estimate of drug-likeness (QED) is 0.295. The first-order valence-corrected chi connectivity index (χ1v) is 13.9. The van der Waals surface area contributed by atoms with Gasteiger partial charge in [0.05, 0.1) is 36.5 Å². The number of halogens is 3. The summed E-state index contributed by atoms with van der Waals surface area (Å²) in [6.07, 6.45) is -0.795. The number of aromatic nitrogens is 3. The monoisotopic (exact) mass is 563 g/mol. The third-order valence-corrected chi connectivity index (χ3v) is 7.87. The molecule has 0 aliphatic carbocycles. The van der Waals surface area contributed by atoms with Crippen LogP contribution in [0.25, 0.3) is 22.2 Å². The predicted octanol–water partition coefficient (Wildman–Crippen LogP) is 6.01. The van der Waals surface area contributed by atoms with Crippen LogP contribution in [0.4, 0.5) is 19.0 Å². The Morgan fingerprint density at radius 1 is 0.976 bits per heavy atom. The molecule has 0 radical (unpaired) electrons. The van der Waals surface area contributed by atoms with Gasteiger partial charge in [-0.05, 0) is 48.7 Å². The largest absolute Gasteiger partial charge is 0.418 e. The van der Waals surface area contributed by atoms with E-state index in [1.54, 1.807) is 18.2 Å². The van der Waals surface area contributed by atoms with Crippen molar-refractivity contribution in [1.29, 1.82) is 0 Å². The minimum atomic E-state index is -4.52. The Morgan fingerprint density at radius 3 is 2.51 bits per heavy atom. The molecule has 2 saturated heterocycles. The molecule has 0 amide bonds. The molecule has 0 atom stereocenters. The molecule has 0 unspecified atom stereocenters. The van der Waals surface area contributed by atoms with Crippen molar-refractivity contribution in [2.24, 2.45) is 0 Å². The maximum absolute atomic E-state index is 13.8. The van der Waals surface area contributed by atoms with Gasteiger partial charge in [-0.25, -0.2) is 9.97 Å². The van der Waals surface area contributed by atoms with Gasteiger partial charge in [0.15, 0.2) is 5.79 Å². The van der Waals surface area contributed by atoms with Gasteiger partial charge >= 0.3 is 6.18 Å². The average Bonchev–Trinajstić information content (AvgIpc) is 3.42. The number of anilines is 1. The number of pyridine rings is 1. The Labute approximate surface area is 236 Å². The number of nitrogens with one attached hydrogen (secondary N) is 1. The fourth-order valence-corrected chi connectivity index (χ4v) is 5.64. The summed E-state index contributed by atoms with van der Waals surface area (Å²) in [7, 11) is 0. The zero-order chi connectivity index (χ0) is 28.5. The molecular formula is C31H32F3N5O2. The highest BCUT2D eigenvalue weighted by molar-refractivity contribution is 5.92. The Hall–Kier alpha value is -3.60. The summed E-state index contributed by atoms with van der Waals surface area (Å²) in [5, 5.41) is 4.22. The molecule has 2 aromatic carbocycles. The van der Waals surface area contributed by atoms with Crippen LogP contribution in [-0.4, -0.2) is 58.5 Å². The Kier molecular flexibility index (Phi) is 7.63. The SMILES string of the molecule is Cc1ccccc1CCNc1nc(CN2CCC3(CC2)OCCO3)nc2cc(-c3ncccc3C(F)(F)F)ccc12. The van der Waals surface area contributed by atoms with Crippen LogP contribution >= 0.6 is 0 Å². The van der Waals surface area contributed by atoms with E-state index in [9.17, 15) is 13.2 Å². The lowest BCUT2D eigenvalue weighted by atomic mass is 10.0. The topological polar surface area (TPSA) is 72.4 Å². The van der Waals surface area contributed by atoms with Crippen LogP contribution < -0.4 is 5.32 Å². The molecule has 0 saturated carbocycles. The summed E-state index contributed by atoms with van der Waals surface area (Å²) in [6.45, 7) is 6.06. The summed E-state index contributed by atoms with van der Waals surface area (Å²) < 4.78 is 53.0. The Balaban J connectivity index is 1.30. The van der Waals surface area contributed by atoms with Crippen molar-refractivity contribution in [1.82, 2.24) is 19.9 Å². The van der Waals surface area contributed by atoms with Gasteiger partial charge in [-0.15, -0.1) is 0 Å². The van der Waals surface area contributed by atoms with Crippen LogP contribution in [0.2, 0.25) is 0 Å². The van der Waals surface area contributed by atoms with Gasteiger partial charge in [0.2, 0.25) is 0 Å². The van der Waals surface area contributed by atoms with Gasteiger partial charge in [0.25, 0.3) is 0 Å². The molecule has 6 rings (SSSR count). The lowest BCUT2D eigenvalue weighted by Crippen LogP contribution is -2.44. The second kappa shape index (κ2) is 11.3.